The van der Waals surface area contributed by atoms with Crippen LogP contribution in [0.5, 0.6) is 11.5 Å². The molecule has 0 aromatic heterocycles. The Morgan fingerprint density at radius 3 is 2.48 bits per heavy atom. The Hall–Kier alpha value is -2.27. The van der Waals surface area contributed by atoms with Gasteiger partial charge in [0, 0.05) is 18.2 Å². The van der Waals surface area contributed by atoms with Gasteiger partial charge in [-0.1, -0.05) is 36.4 Å². The van der Waals surface area contributed by atoms with E-state index in [4.69, 9.17) is 9.47 Å². The van der Waals surface area contributed by atoms with Crippen LogP contribution in [-0.2, 0) is 12.8 Å². The van der Waals surface area contributed by atoms with Crippen LogP contribution in [-0.4, -0.2) is 42.0 Å². The zero-order valence-electron chi connectivity index (χ0n) is 14.5. The molecule has 5 heteroatoms. The maximum Gasteiger partial charge on any atom is 0.449 e. The summed E-state index contributed by atoms with van der Waals surface area (Å²) in [5, 5.41) is 0.335. The number of hydrogen-bond donors (Lipinski definition) is 0. The first-order valence-corrected chi connectivity index (χ1v) is 9.14. The Morgan fingerprint density at radius 2 is 1.76 bits per heavy atom. The maximum atomic E-state index is 12.2. The van der Waals surface area contributed by atoms with Crippen LogP contribution in [0.2, 0.25) is 0 Å². The summed E-state index contributed by atoms with van der Waals surface area (Å²) < 4.78 is 12.4. The molecule has 1 heterocycles. The minimum Gasteiger partial charge on any atom is -0.493 e. The van der Waals surface area contributed by atoms with Gasteiger partial charge in [-0.15, -0.1) is 0 Å². The first-order chi connectivity index (χ1) is 12.2. The molecule has 4 nitrogen and oxygen atoms in total. The SMILES string of the molecule is COc1ccc(CC[N+]2=C[C@H](Cc3ccccc3)SC2=O)cc1OC. The summed E-state index contributed by atoms with van der Waals surface area (Å²) in [6.45, 7) is 0.673. The lowest BCUT2D eigenvalue weighted by atomic mass is 10.1. The van der Waals surface area contributed by atoms with Gasteiger partial charge in [0.05, 0.1) is 14.2 Å². The summed E-state index contributed by atoms with van der Waals surface area (Å²) in [7, 11) is 3.25. The second kappa shape index (κ2) is 8.21. The van der Waals surface area contributed by atoms with Gasteiger partial charge in [-0.2, -0.15) is 4.58 Å². The molecule has 1 aliphatic heterocycles. The number of benzene rings is 2. The lowest BCUT2D eigenvalue weighted by Crippen LogP contribution is -2.16. The number of ether oxygens (including phenoxy) is 2. The molecule has 2 aromatic rings. The van der Waals surface area contributed by atoms with Gasteiger partial charge in [0.2, 0.25) is 0 Å². The van der Waals surface area contributed by atoms with Gasteiger partial charge in [0.15, 0.2) is 24.3 Å². The molecular weight excluding hydrogens is 334 g/mol. The zero-order chi connectivity index (χ0) is 17.6. The van der Waals surface area contributed by atoms with Crippen molar-refractivity contribution in [2.24, 2.45) is 0 Å². The summed E-state index contributed by atoms with van der Waals surface area (Å²) in [5.41, 5.74) is 2.38. The molecule has 3 rings (SSSR count). The zero-order valence-corrected chi connectivity index (χ0v) is 15.3. The van der Waals surface area contributed by atoms with Crippen molar-refractivity contribution in [3.63, 3.8) is 0 Å². The smallest absolute Gasteiger partial charge is 0.449 e. The third-order valence-corrected chi connectivity index (χ3v) is 5.23. The van der Waals surface area contributed by atoms with Gasteiger partial charge in [0.25, 0.3) is 0 Å². The maximum absolute atomic E-state index is 12.2. The summed E-state index contributed by atoms with van der Waals surface area (Å²) in [4.78, 5) is 12.2. The fourth-order valence-electron chi connectivity index (χ4n) is 2.88. The van der Waals surface area contributed by atoms with E-state index in [1.807, 2.05) is 41.0 Å². The number of carbonyl (C=O) groups excluding carboxylic acids is 1. The summed E-state index contributed by atoms with van der Waals surface area (Å²) >= 11 is 1.40. The van der Waals surface area contributed by atoms with Gasteiger partial charge in [0.1, 0.15) is 5.25 Å². The number of thioether (sulfide) groups is 1. The lowest BCUT2D eigenvalue weighted by molar-refractivity contribution is -0.410. The Balaban J connectivity index is 1.62. The molecule has 0 radical (unpaired) electrons. The average molecular weight is 356 g/mol. The van der Waals surface area contributed by atoms with E-state index in [0.29, 0.717) is 18.0 Å². The van der Waals surface area contributed by atoms with Gasteiger partial charge >= 0.3 is 5.24 Å². The summed E-state index contributed by atoms with van der Waals surface area (Å²) in [6, 6.07) is 16.2. The summed E-state index contributed by atoms with van der Waals surface area (Å²) in [5.74, 6) is 1.43. The van der Waals surface area contributed by atoms with Gasteiger partial charge in [-0.3, -0.25) is 0 Å². The standard InChI is InChI=1S/C20H22NO3S/c1-23-18-9-8-16(13-19(18)24-2)10-11-21-14-17(25-20(21)22)12-15-6-4-3-5-7-15/h3-9,13-14,17H,10-12H2,1-2H3/q+1/t17-/m0/s1. The van der Waals surface area contributed by atoms with Crippen molar-refractivity contribution in [2.75, 3.05) is 20.8 Å². The molecule has 0 N–H and O–H groups in total. The number of hydrogen-bond acceptors (Lipinski definition) is 4. The topological polar surface area (TPSA) is 38.5 Å². The summed E-state index contributed by atoms with van der Waals surface area (Å²) in [6.07, 6.45) is 3.71. The molecule has 0 fully saturated rings. The molecule has 130 valence electrons. The van der Waals surface area contributed by atoms with E-state index in [1.165, 1.54) is 17.3 Å². The highest BCUT2D eigenvalue weighted by atomic mass is 32.2. The Labute approximate surface area is 152 Å². The highest BCUT2D eigenvalue weighted by Gasteiger charge is 2.32. The predicted octanol–water partition coefficient (Wildman–Crippen LogP) is 3.81. The van der Waals surface area contributed by atoms with E-state index in [2.05, 4.69) is 18.3 Å². The lowest BCUT2D eigenvalue weighted by Gasteiger charge is -2.08. The van der Waals surface area contributed by atoms with Gasteiger partial charge in [-0.25, -0.2) is 4.79 Å². The number of amides is 1. The van der Waals surface area contributed by atoms with E-state index < -0.39 is 0 Å². The fourth-order valence-corrected chi connectivity index (χ4v) is 3.91. The van der Waals surface area contributed by atoms with Crippen molar-refractivity contribution in [1.29, 1.82) is 0 Å². The van der Waals surface area contributed by atoms with Gasteiger partial charge < -0.3 is 9.47 Å². The van der Waals surface area contributed by atoms with Crippen molar-refractivity contribution in [1.82, 2.24) is 0 Å². The largest absolute Gasteiger partial charge is 0.493 e. The minimum atomic E-state index is 0.126. The first kappa shape index (κ1) is 17.5. The molecule has 0 aliphatic carbocycles. The number of nitrogens with zero attached hydrogens (tertiary/aromatic N) is 1. The van der Waals surface area contributed by atoms with Gasteiger partial charge in [-0.05, 0) is 29.7 Å². The highest BCUT2D eigenvalue weighted by molar-refractivity contribution is 8.14. The second-order valence-corrected chi connectivity index (χ2v) is 7.08. The van der Waals surface area contributed by atoms with E-state index in [9.17, 15) is 4.79 Å². The van der Waals surface area contributed by atoms with Crippen molar-refractivity contribution < 1.29 is 18.8 Å². The van der Waals surface area contributed by atoms with Crippen LogP contribution >= 0.6 is 11.8 Å². The average Bonchev–Trinajstić information content (AvgIpc) is 2.99. The second-order valence-electron chi connectivity index (χ2n) is 5.89. The van der Waals surface area contributed by atoms with E-state index in [-0.39, 0.29) is 10.5 Å². The number of rotatable bonds is 7. The number of carbonyl (C=O) groups is 1. The molecular formula is C20H22NO3S+. The molecule has 1 aliphatic rings. The molecule has 0 spiro atoms. The molecule has 0 bridgehead atoms. The van der Waals surface area contributed by atoms with Crippen molar-refractivity contribution in [3.05, 3.63) is 59.7 Å². The highest BCUT2D eigenvalue weighted by Crippen LogP contribution is 2.28. The quantitative estimate of drug-likeness (QED) is 0.707. The molecule has 0 saturated carbocycles. The van der Waals surface area contributed by atoms with E-state index in [0.717, 1.165) is 18.4 Å². The van der Waals surface area contributed by atoms with E-state index in [1.54, 1.807) is 14.2 Å². The Bertz CT molecular complexity index is 774. The molecule has 1 amide bonds. The van der Waals surface area contributed by atoms with Crippen molar-refractivity contribution in [3.8, 4) is 11.5 Å². The van der Waals surface area contributed by atoms with Crippen LogP contribution < -0.4 is 9.47 Å². The molecule has 0 saturated heterocycles. The minimum absolute atomic E-state index is 0.126. The van der Waals surface area contributed by atoms with Crippen LogP contribution in [0.4, 0.5) is 4.79 Å². The third-order valence-electron chi connectivity index (χ3n) is 4.20. The van der Waals surface area contributed by atoms with Crippen molar-refractivity contribution >= 4 is 23.2 Å². The molecule has 0 unspecified atom stereocenters. The Morgan fingerprint density at radius 1 is 1.00 bits per heavy atom. The van der Waals surface area contributed by atoms with Crippen LogP contribution in [0.25, 0.3) is 0 Å². The fraction of sp³-hybridized carbons (Fsp3) is 0.300. The monoisotopic (exact) mass is 356 g/mol. The third kappa shape index (κ3) is 4.42. The number of methoxy groups -OCH3 is 2. The first-order valence-electron chi connectivity index (χ1n) is 8.26. The van der Waals surface area contributed by atoms with E-state index >= 15 is 0 Å². The van der Waals surface area contributed by atoms with Crippen LogP contribution in [0, 0.1) is 0 Å². The molecule has 25 heavy (non-hydrogen) atoms. The van der Waals surface area contributed by atoms with Crippen LogP contribution in [0.3, 0.4) is 0 Å². The normalized spacial score (nSPS) is 16.6. The molecule has 2 aromatic carbocycles. The molecule has 1 atom stereocenters. The van der Waals surface area contributed by atoms with Crippen LogP contribution in [0.15, 0.2) is 48.5 Å². The van der Waals surface area contributed by atoms with Crippen molar-refractivity contribution in [2.45, 2.75) is 18.1 Å². The van der Waals surface area contributed by atoms with Crippen LogP contribution in [0.1, 0.15) is 11.1 Å². The predicted molar refractivity (Wildman–Crippen MR) is 101 cm³/mol. The Kier molecular flexibility index (Phi) is 5.76.